The predicted molar refractivity (Wildman–Crippen MR) is 114 cm³/mol. The minimum Gasteiger partial charge on any atom is -0.465 e. The second-order valence-corrected chi connectivity index (χ2v) is 9.51. The summed E-state index contributed by atoms with van der Waals surface area (Å²) in [6.45, 7) is 3.63. The van der Waals surface area contributed by atoms with Crippen LogP contribution in [0.15, 0.2) is 57.2 Å². The van der Waals surface area contributed by atoms with E-state index in [1.165, 1.54) is 23.5 Å². The molecule has 156 valence electrons. The summed E-state index contributed by atoms with van der Waals surface area (Å²) < 4.78 is 48.7. The van der Waals surface area contributed by atoms with E-state index < -0.39 is 10.0 Å². The van der Waals surface area contributed by atoms with Crippen LogP contribution in [-0.2, 0) is 23.6 Å². The Bertz CT molecular complexity index is 1300. The number of nitrogens with one attached hydrogen (secondary N) is 1. The molecule has 0 unspecified atom stereocenters. The molecular weight excluding hydrogens is 425 g/mol. The summed E-state index contributed by atoms with van der Waals surface area (Å²) in [7, 11) is -1.93. The van der Waals surface area contributed by atoms with Gasteiger partial charge in [-0.25, -0.2) is 22.5 Å². The molecule has 0 fully saturated rings. The highest BCUT2D eigenvalue weighted by atomic mass is 32.2. The fourth-order valence-corrected chi connectivity index (χ4v) is 5.28. The van der Waals surface area contributed by atoms with Gasteiger partial charge in [-0.2, -0.15) is 0 Å². The first-order valence-electron chi connectivity index (χ1n) is 9.18. The Hall–Kier alpha value is -2.75. The van der Waals surface area contributed by atoms with Crippen LogP contribution in [0.2, 0.25) is 0 Å². The van der Waals surface area contributed by atoms with Crippen LogP contribution in [0.5, 0.6) is 0 Å². The number of furan rings is 1. The van der Waals surface area contributed by atoms with Gasteiger partial charge < -0.3 is 8.98 Å². The monoisotopic (exact) mass is 445 g/mol. The van der Waals surface area contributed by atoms with E-state index in [4.69, 9.17) is 4.42 Å². The number of sulfonamides is 1. The largest absolute Gasteiger partial charge is 0.465 e. The molecule has 6 nitrogen and oxygen atoms in total. The van der Waals surface area contributed by atoms with Crippen LogP contribution in [-0.4, -0.2) is 18.0 Å². The number of rotatable bonds is 6. The molecule has 4 rings (SSSR count). The third-order valence-corrected chi connectivity index (χ3v) is 7.26. The zero-order chi connectivity index (χ0) is 21.5. The molecule has 0 radical (unpaired) electrons. The van der Waals surface area contributed by atoms with Crippen molar-refractivity contribution in [3.05, 3.63) is 70.9 Å². The van der Waals surface area contributed by atoms with Crippen molar-refractivity contribution in [1.82, 2.24) is 14.3 Å². The topological polar surface area (TPSA) is 77.1 Å². The van der Waals surface area contributed by atoms with Gasteiger partial charge in [0.1, 0.15) is 27.2 Å². The number of hydrogen-bond acceptors (Lipinski definition) is 5. The SMILES string of the molecule is Cc1ccc(CNS(=O)(=O)c2cc(-c3nc(-c4ccc(F)cc4)cs3)n(C)c2C)o1. The molecule has 0 aliphatic rings. The lowest BCUT2D eigenvalue weighted by Gasteiger charge is -2.06. The minimum absolute atomic E-state index is 0.0752. The summed E-state index contributed by atoms with van der Waals surface area (Å²) in [5, 5.41) is 2.55. The van der Waals surface area contributed by atoms with E-state index in [0.29, 0.717) is 27.8 Å². The summed E-state index contributed by atoms with van der Waals surface area (Å²) >= 11 is 1.41. The van der Waals surface area contributed by atoms with E-state index in [-0.39, 0.29) is 17.3 Å². The third-order valence-electron chi connectivity index (χ3n) is 4.87. The Morgan fingerprint density at radius 3 is 2.57 bits per heavy atom. The number of hydrogen-bond donors (Lipinski definition) is 1. The van der Waals surface area contributed by atoms with Gasteiger partial charge in [-0.05, 0) is 56.3 Å². The summed E-state index contributed by atoms with van der Waals surface area (Å²) in [4.78, 5) is 4.82. The molecule has 0 amide bonds. The highest BCUT2D eigenvalue weighted by molar-refractivity contribution is 7.89. The first-order chi connectivity index (χ1) is 14.2. The van der Waals surface area contributed by atoms with Crippen molar-refractivity contribution in [1.29, 1.82) is 0 Å². The molecule has 3 aromatic heterocycles. The summed E-state index contributed by atoms with van der Waals surface area (Å²) in [5.74, 6) is 0.969. The number of halogens is 1. The van der Waals surface area contributed by atoms with Crippen molar-refractivity contribution in [2.24, 2.45) is 7.05 Å². The molecule has 9 heteroatoms. The van der Waals surface area contributed by atoms with Crippen LogP contribution in [0, 0.1) is 19.7 Å². The molecule has 4 aromatic rings. The second-order valence-electron chi connectivity index (χ2n) is 6.92. The van der Waals surface area contributed by atoms with Crippen LogP contribution in [0.1, 0.15) is 17.2 Å². The highest BCUT2D eigenvalue weighted by Crippen LogP contribution is 2.32. The number of aryl methyl sites for hydroxylation is 1. The van der Waals surface area contributed by atoms with Gasteiger partial charge in [0, 0.05) is 23.7 Å². The predicted octanol–water partition coefficient (Wildman–Crippen LogP) is 4.64. The molecule has 1 N–H and O–H groups in total. The maximum absolute atomic E-state index is 13.2. The van der Waals surface area contributed by atoms with Crippen molar-refractivity contribution in [3.8, 4) is 22.0 Å². The Balaban J connectivity index is 1.62. The maximum atomic E-state index is 13.2. The highest BCUT2D eigenvalue weighted by Gasteiger charge is 2.23. The summed E-state index contributed by atoms with van der Waals surface area (Å²) in [6.07, 6.45) is 0. The van der Waals surface area contributed by atoms with Crippen molar-refractivity contribution >= 4 is 21.4 Å². The lowest BCUT2D eigenvalue weighted by Crippen LogP contribution is -2.23. The van der Waals surface area contributed by atoms with Crippen LogP contribution in [0.25, 0.3) is 22.0 Å². The molecule has 0 saturated carbocycles. The molecule has 0 aliphatic heterocycles. The quantitative estimate of drug-likeness (QED) is 0.469. The number of benzene rings is 1. The van der Waals surface area contributed by atoms with Crippen molar-refractivity contribution in [2.45, 2.75) is 25.3 Å². The van der Waals surface area contributed by atoms with Gasteiger partial charge in [0.2, 0.25) is 10.0 Å². The van der Waals surface area contributed by atoms with E-state index in [1.54, 1.807) is 55.8 Å². The third kappa shape index (κ3) is 3.96. The molecular formula is C21H20FN3O3S2. The van der Waals surface area contributed by atoms with Crippen LogP contribution in [0.3, 0.4) is 0 Å². The number of aromatic nitrogens is 2. The standard InChI is InChI=1S/C21H20FN3O3S2/c1-13-4-9-17(28-13)11-23-30(26,27)20-10-19(25(3)14(20)2)21-24-18(12-29-21)15-5-7-16(22)8-6-15/h4-10,12,23H,11H2,1-3H3. The molecule has 30 heavy (non-hydrogen) atoms. The molecule has 0 bridgehead atoms. The normalized spacial score (nSPS) is 11.9. The van der Waals surface area contributed by atoms with E-state index in [1.807, 2.05) is 5.38 Å². The van der Waals surface area contributed by atoms with Gasteiger partial charge in [-0.3, -0.25) is 0 Å². The lowest BCUT2D eigenvalue weighted by molar-refractivity contribution is 0.475. The maximum Gasteiger partial charge on any atom is 0.242 e. The average molecular weight is 446 g/mol. The van der Waals surface area contributed by atoms with Gasteiger partial charge in [-0.1, -0.05) is 0 Å². The zero-order valence-electron chi connectivity index (χ0n) is 16.6. The Morgan fingerprint density at radius 2 is 1.90 bits per heavy atom. The average Bonchev–Trinajstić information content (AvgIpc) is 3.42. The zero-order valence-corrected chi connectivity index (χ0v) is 18.3. The van der Waals surface area contributed by atoms with Gasteiger partial charge in [-0.15, -0.1) is 11.3 Å². The van der Waals surface area contributed by atoms with E-state index in [2.05, 4.69) is 9.71 Å². The van der Waals surface area contributed by atoms with Crippen LogP contribution < -0.4 is 4.72 Å². The van der Waals surface area contributed by atoms with Gasteiger partial charge in [0.25, 0.3) is 0 Å². The van der Waals surface area contributed by atoms with Crippen molar-refractivity contribution in [3.63, 3.8) is 0 Å². The van der Waals surface area contributed by atoms with Crippen molar-refractivity contribution in [2.75, 3.05) is 0 Å². The van der Waals surface area contributed by atoms with E-state index in [9.17, 15) is 12.8 Å². The van der Waals surface area contributed by atoms with Crippen molar-refractivity contribution < 1.29 is 17.2 Å². The van der Waals surface area contributed by atoms with Crippen LogP contribution >= 0.6 is 11.3 Å². The minimum atomic E-state index is -3.74. The first kappa shape index (κ1) is 20.5. The van der Waals surface area contributed by atoms with Gasteiger partial charge >= 0.3 is 0 Å². The fraction of sp³-hybridized carbons (Fsp3) is 0.190. The molecule has 0 atom stereocenters. The molecule has 0 spiro atoms. The number of nitrogens with zero attached hydrogens (tertiary/aromatic N) is 2. The molecule has 3 heterocycles. The smallest absolute Gasteiger partial charge is 0.242 e. The molecule has 1 aromatic carbocycles. The molecule has 0 saturated heterocycles. The Kier molecular flexibility index (Phi) is 5.35. The van der Waals surface area contributed by atoms with E-state index in [0.717, 1.165) is 11.3 Å². The second kappa shape index (κ2) is 7.82. The number of thiazole rings is 1. The summed E-state index contributed by atoms with van der Waals surface area (Å²) in [5.41, 5.74) is 2.81. The lowest BCUT2D eigenvalue weighted by atomic mass is 10.2. The van der Waals surface area contributed by atoms with Gasteiger partial charge in [0.15, 0.2) is 0 Å². The van der Waals surface area contributed by atoms with Crippen LogP contribution in [0.4, 0.5) is 4.39 Å². The fourth-order valence-electron chi connectivity index (χ4n) is 3.12. The Morgan fingerprint density at radius 1 is 1.17 bits per heavy atom. The first-order valence-corrected chi connectivity index (χ1v) is 11.5. The van der Waals surface area contributed by atoms with E-state index >= 15 is 0 Å². The summed E-state index contributed by atoms with van der Waals surface area (Å²) in [6, 6.07) is 11.3. The molecule has 0 aliphatic carbocycles. The Labute approximate surface area is 178 Å². The van der Waals surface area contributed by atoms with Gasteiger partial charge in [0.05, 0.1) is 17.9 Å².